The Morgan fingerprint density at radius 2 is 0.681 bits per heavy atom. The molecule has 13 rings (SSSR count). The van der Waals surface area contributed by atoms with Gasteiger partial charge in [0, 0.05) is 22.6 Å². The van der Waals surface area contributed by atoms with Gasteiger partial charge in [-0.3, -0.25) is 0 Å². The number of anilines is 6. The smallest absolute Gasteiger partial charge is 0.0755 e. The van der Waals surface area contributed by atoms with E-state index >= 15 is 0 Å². The summed E-state index contributed by atoms with van der Waals surface area (Å²) in [5.74, 6) is 0. The van der Waals surface area contributed by atoms with Crippen LogP contribution in [0, 0.1) is 0 Å². The molecule has 11 aromatic rings. The highest BCUT2D eigenvalue weighted by atomic mass is 15.2. The summed E-state index contributed by atoms with van der Waals surface area (Å²) in [7, 11) is 0. The van der Waals surface area contributed by atoms with Gasteiger partial charge in [0.15, 0.2) is 0 Å². The van der Waals surface area contributed by atoms with Crippen molar-refractivity contribution in [3.05, 3.63) is 301 Å². The number of hydrogen-bond donors (Lipinski definition) is 0. The van der Waals surface area contributed by atoms with Crippen LogP contribution in [0.2, 0.25) is 0 Å². The molecule has 2 heteroatoms. The third-order valence-electron chi connectivity index (χ3n) is 14.3. The highest BCUT2D eigenvalue weighted by Crippen LogP contribution is 2.64. The van der Waals surface area contributed by atoms with Crippen LogP contribution in [-0.2, 0) is 5.41 Å². The Morgan fingerprint density at radius 1 is 0.261 bits per heavy atom. The molecule has 0 radical (unpaired) electrons. The molecule has 11 aromatic carbocycles. The first-order valence-electron chi connectivity index (χ1n) is 23.8. The lowest BCUT2D eigenvalue weighted by molar-refractivity contribution is 0.752. The topological polar surface area (TPSA) is 6.48 Å². The fraction of sp³-hybridized carbons (Fsp3) is 0.0149. The maximum Gasteiger partial charge on any atom is 0.0755 e. The van der Waals surface area contributed by atoms with E-state index in [0.717, 1.165) is 28.3 Å². The average Bonchev–Trinajstić information content (AvgIpc) is 3.72. The van der Waals surface area contributed by atoms with Gasteiger partial charge in [-0.05, 0) is 127 Å². The van der Waals surface area contributed by atoms with Gasteiger partial charge in [0.05, 0.1) is 22.5 Å². The molecule has 0 saturated carbocycles. The van der Waals surface area contributed by atoms with Crippen LogP contribution in [0.4, 0.5) is 34.1 Å². The molecule has 324 valence electrons. The lowest BCUT2D eigenvalue weighted by Crippen LogP contribution is -2.36. The summed E-state index contributed by atoms with van der Waals surface area (Å²) in [5, 5.41) is 0. The summed E-state index contributed by atoms with van der Waals surface area (Å²) in [6, 6.07) is 102. The van der Waals surface area contributed by atoms with Gasteiger partial charge < -0.3 is 9.80 Å². The molecule has 0 fully saturated rings. The third kappa shape index (κ3) is 6.56. The number of nitrogens with zero attached hydrogens (tertiary/aromatic N) is 2. The van der Waals surface area contributed by atoms with E-state index in [4.69, 9.17) is 0 Å². The Hall–Kier alpha value is -8.98. The predicted molar refractivity (Wildman–Crippen MR) is 288 cm³/mol. The number of fused-ring (bicyclic) bond motifs is 9. The van der Waals surface area contributed by atoms with Crippen LogP contribution in [0.15, 0.2) is 279 Å². The Kier molecular flexibility index (Phi) is 9.77. The summed E-state index contributed by atoms with van der Waals surface area (Å²) in [5.41, 5.74) is 23.3. The zero-order valence-electron chi connectivity index (χ0n) is 38.0. The first-order valence-corrected chi connectivity index (χ1v) is 23.8. The first kappa shape index (κ1) is 40.3. The highest BCUT2D eigenvalue weighted by Gasteiger charge is 2.51. The minimum absolute atomic E-state index is 0.596. The third-order valence-corrected chi connectivity index (χ3v) is 14.3. The minimum Gasteiger partial charge on any atom is -0.310 e. The predicted octanol–water partition coefficient (Wildman–Crippen LogP) is 18.0. The summed E-state index contributed by atoms with van der Waals surface area (Å²) in [4.78, 5) is 4.93. The van der Waals surface area contributed by atoms with Gasteiger partial charge in [-0.25, -0.2) is 0 Å². The molecule has 0 bridgehead atoms. The van der Waals surface area contributed by atoms with E-state index in [-0.39, 0.29) is 0 Å². The molecule has 1 aliphatic carbocycles. The molecular weight excluding hydrogens is 833 g/mol. The van der Waals surface area contributed by atoms with Crippen LogP contribution in [0.1, 0.15) is 22.3 Å². The van der Waals surface area contributed by atoms with E-state index in [1.165, 1.54) is 83.7 Å². The molecular formula is C67H46N2. The first-order chi connectivity index (χ1) is 34.3. The largest absolute Gasteiger partial charge is 0.310 e. The van der Waals surface area contributed by atoms with Gasteiger partial charge in [0.2, 0.25) is 0 Å². The van der Waals surface area contributed by atoms with E-state index in [9.17, 15) is 0 Å². The molecule has 0 saturated heterocycles. The number of rotatable bonds is 8. The lowest BCUT2D eigenvalue weighted by atomic mass is 9.64. The number of para-hydroxylation sites is 4. The van der Waals surface area contributed by atoms with Gasteiger partial charge in [-0.2, -0.15) is 0 Å². The zero-order valence-corrected chi connectivity index (χ0v) is 38.0. The van der Waals surface area contributed by atoms with Crippen LogP contribution in [0.3, 0.4) is 0 Å². The summed E-state index contributed by atoms with van der Waals surface area (Å²) < 4.78 is 0. The molecule has 1 spiro atoms. The average molecular weight is 879 g/mol. The van der Waals surface area contributed by atoms with Crippen molar-refractivity contribution in [3.63, 3.8) is 0 Å². The molecule has 2 nitrogen and oxygen atoms in total. The normalized spacial score (nSPS) is 12.7. The van der Waals surface area contributed by atoms with E-state index in [2.05, 4.69) is 289 Å². The Morgan fingerprint density at radius 3 is 1.30 bits per heavy atom. The van der Waals surface area contributed by atoms with Gasteiger partial charge in [0.1, 0.15) is 0 Å². The molecule has 69 heavy (non-hydrogen) atoms. The second kappa shape index (κ2) is 16.7. The van der Waals surface area contributed by atoms with Gasteiger partial charge in [-0.1, -0.05) is 224 Å². The maximum absolute atomic E-state index is 2.50. The monoisotopic (exact) mass is 878 g/mol. The highest BCUT2D eigenvalue weighted by molar-refractivity contribution is 5.99. The van der Waals surface area contributed by atoms with Gasteiger partial charge in [-0.15, -0.1) is 0 Å². The van der Waals surface area contributed by atoms with E-state index in [0.29, 0.717) is 0 Å². The second-order valence-electron chi connectivity index (χ2n) is 18.0. The molecule has 2 aliphatic rings. The van der Waals surface area contributed by atoms with Crippen molar-refractivity contribution in [2.75, 3.05) is 9.80 Å². The van der Waals surface area contributed by atoms with E-state index in [1.807, 2.05) is 0 Å². The molecule has 0 aromatic heterocycles. The summed E-state index contributed by atoms with van der Waals surface area (Å²) >= 11 is 0. The van der Waals surface area contributed by atoms with Crippen molar-refractivity contribution in [1.29, 1.82) is 0 Å². The van der Waals surface area contributed by atoms with Crippen molar-refractivity contribution in [2.24, 2.45) is 0 Å². The number of benzene rings is 11. The molecule has 1 heterocycles. The molecule has 0 atom stereocenters. The van der Waals surface area contributed by atoms with Crippen molar-refractivity contribution in [1.82, 2.24) is 0 Å². The SMILES string of the molecule is c1ccc(-c2ccc(-c3ccc(N(c4ccc5c(c4)C4(c6ccccc6-5)c5ccccc5N(c5ccccc5)c5ccccc54)c4ccccc4-c4ccccc4-c4ccccc4)cc3)cc2)cc1. The van der Waals surface area contributed by atoms with Crippen molar-refractivity contribution < 1.29 is 0 Å². The standard InChI is InChI=1S/C67H46N2/c1-4-20-47(21-5-1)48-36-38-49(39-37-48)50-40-42-53(43-41-50)68(64-33-17-13-29-59(64)56-27-11-10-26-55(56)51-22-6-2-7-23-51)54-44-45-58-57-28-12-14-30-60(57)67(63(58)46-54)61-31-15-18-34-65(61)69(52-24-8-3-9-25-52)66-35-19-16-32-62(66)67/h1-46H. The summed E-state index contributed by atoms with van der Waals surface area (Å²) in [6.07, 6.45) is 0. The minimum atomic E-state index is -0.596. The molecule has 0 unspecified atom stereocenters. The lowest BCUT2D eigenvalue weighted by Gasteiger charge is -2.45. The van der Waals surface area contributed by atoms with Crippen LogP contribution in [-0.4, -0.2) is 0 Å². The van der Waals surface area contributed by atoms with Crippen molar-refractivity contribution >= 4 is 34.1 Å². The van der Waals surface area contributed by atoms with Crippen molar-refractivity contribution in [3.8, 4) is 55.6 Å². The van der Waals surface area contributed by atoms with Crippen molar-refractivity contribution in [2.45, 2.75) is 5.41 Å². The summed E-state index contributed by atoms with van der Waals surface area (Å²) in [6.45, 7) is 0. The Balaban J connectivity index is 1.03. The quantitative estimate of drug-likeness (QED) is 0.150. The maximum atomic E-state index is 2.50. The Labute approximate surface area is 404 Å². The van der Waals surface area contributed by atoms with E-state index in [1.54, 1.807) is 0 Å². The number of hydrogen-bond acceptors (Lipinski definition) is 2. The molecule has 0 amide bonds. The fourth-order valence-electron chi connectivity index (χ4n) is 11.3. The molecule has 1 aliphatic heterocycles. The van der Waals surface area contributed by atoms with Gasteiger partial charge >= 0.3 is 0 Å². The second-order valence-corrected chi connectivity index (χ2v) is 18.0. The zero-order chi connectivity index (χ0) is 45.7. The van der Waals surface area contributed by atoms with Crippen LogP contribution < -0.4 is 9.80 Å². The van der Waals surface area contributed by atoms with Crippen LogP contribution in [0.25, 0.3) is 55.6 Å². The van der Waals surface area contributed by atoms with Gasteiger partial charge in [0.25, 0.3) is 0 Å². The Bertz CT molecular complexity index is 3610. The van der Waals surface area contributed by atoms with E-state index < -0.39 is 5.41 Å². The molecule has 0 N–H and O–H groups in total. The fourth-order valence-corrected chi connectivity index (χ4v) is 11.3. The van der Waals surface area contributed by atoms with Crippen LogP contribution >= 0.6 is 0 Å². The van der Waals surface area contributed by atoms with Crippen LogP contribution in [0.5, 0.6) is 0 Å².